The van der Waals surface area contributed by atoms with Crippen molar-refractivity contribution in [1.82, 2.24) is 5.32 Å². The number of benzene rings is 2. The predicted octanol–water partition coefficient (Wildman–Crippen LogP) is 3.13. The first-order chi connectivity index (χ1) is 14.8. The van der Waals surface area contributed by atoms with E-state index in [2.05, 4.69) is 10.3 Å². The number of alkyl halides is 2. The summed E-state index contributed by atoms with van der Waals surface area (Å²) in [4.78, 5) is 17.0. The van der Waals surface area contributed by atoms with E-state index < -0.39 is 11.6 Å². The van der Waals surface area contributed by atoms with Crippen molar-refractivity contribution < 1.29 is 18.3 Å². The molecule has 5 N–H and O–H groups in total. The van der Waals surface area contributed by atoms with Crippen LogP contribution >= 0.6 is 9.24 Å². The van der Waals surface area contributed by atoms with E-state index in [0.717, 1.165) is 5.56 Å². The van der Waals surface area contributed by atoms with Gasteiger partial charge in [-0.3, -0.25) is 4.79 Å². The third-order valence-corrected chi connectivity index (χ3v) is 5.50. The van der Waals surface area contributed by atoms with Gasteiger partial charge in [-0.1, -0.05) is 33.5 Å². The Morgan fingerprint density at radius 1 is 1.16 bits per heavy atom. The smallest absolute Gasteiger partial charge is 0.284 e. The van der Waals surface area contributed by atoms with Gasteiger partial charge in [0.2, 0.25) is 0 Å². The molecule has 2 aromatic carbocycles. The van der Waals surface area contributed by atoms with E-state index in [9.17, 15) is 13.6 Å². The minimum atomic E-state index is -3.06. The van der Waals surface area contributed by atoms with Gasteiger partial charge in [0, 0.05) is 35.4 Å². The predicted molar refractivity (Wildman–Crippen MR) is 118 cm³/mol. The Labute approximate surface area is 180 Å². The van der Waals surface area contributed by atoms with E-state index in [1.807, 2.05) is 6.07 Å². The molecule has 31 heavy (non-hydrogen) atoms. The number of nitrogens with one attached hydrogen (secondary N) is 1. The van der Waals surface area contributed by atoms with Crippen LogP contribution in [-0.2, 0) is 10.5 Å². The molecule has 0 aliphatic carbocycles. The first kappa shape index (κ1) is 21.2. The first-order valence-electron chi connectivity index (χ1n) is 9.56. The Balaban J connectivity index is 1.72. The third kappa shape index (κ3) is 4.22. The number of ether oxygens (including phenoxy) is 1. The molecule has 2 heterocycles. The quantitative estimate of drug-likeness (QED) is 0.632. The molecular formula is C22H21F2N4O2P. The van der Waals surface area contributed by atoms with Crippen molar-refractivity contribution in [3.63, 3.8) is 0 Å². The van der Waals surface area contributed by atoms with Crippen LogP contribution in [0, 0.1) is 0 Å². The maximum atomic E-state index is 13.6. The highest BCUT2D eigenvalue weighted by Crippen LogP contribution is 2.40. The second kappa shape index (κ2) is 8.21. The summed E-state index contributed by atoms with van der Waals surface area (Å²) in [5.74, 6) is 0.392. The van der Waals surface area contributed by atoms with Crippen LogP contribution in [0.3, 0.4) is 0 Å². The first-order valence-corrected chi connectivity index (χ1v) is 10.1. The van der Waals surface area contributed by atoms with Gasteiger partial charge in [-0.25, -0.2) is 4.99 Å². The highest BCUT2D eigenvalue weighted by atomic mass is 31.0. The molecule has 0 fully saturated rings. The van der Waals surface area contributed by atoms with Gasteiger partial charge in [-0.15, -0.1) is 0 Å². The zero-order valence-electron chi connectivity index (χ0n) is 16.4. The number of aliphatic imine (C=N–C) groups is 1. The Bertz CT molecular complexity index is 1140. The van der Waals surface area contributed by atoms with Crippen molar-refractivity contribution in [2.24, 2.45) is 16.5 Å². The maximum absolute atomic E-state index is 13.6. The monoisotopic (exact) mass is 442 g/mol. The number of hydrogen-bond donors (Lipinski definition) is 3. The zero-order valence-corrected chi connectivity index (χ0v) is 17.6. The molecule has 160 valence electrons. The number of hydrogen-bond acceptors (Lipinski definition) is 6. The molecule has 2 atom stereocenters. The second-order valence-corrected chi connectivity index (χ2v) is 7.99. The van der Waals surface area contributed by atoms with E-state index >= 15 is 0 Å². The van der Waals surface area contributed by atoms with Crippen molar-refractivity contribution >= 4 is 20.9 Å². The molecule has 0 saturated carbocycles. The van der Waals surface area contributed by atoms with Gasteiger partial charge >= 0.3 is 0 Å². The van der Waals surface area contributed by atoms with Crippen LogP contribution in [0.2, 0.25) is 0 Å². The van der Waals surface area contributed by atoms with Crippen molar-refractivity contribution in [1.29, 1.82) is 0 Å². The van der Waals surface area contributed by atoms with Crippen molar-refractivity contribution in [2.45, 2.75) is 11.6 Å². The van der Waals surface area contributed by atoms with Crippen LogP contribution in [-0.4, -0.2) is 24.7 Å². The lowest BCUT2D eigenvalue weighted by molar-refractivity contribution is -0.115. The van der Waals surface area contributed by atoms with E-state index in [0.29, 0.717) is 29.1 Å². The lowest BCUT2D eigenvalue weighted by Crippen LogP contribution is -2.39. The van der Waals surface area contributed by atoms with Gasteiger partial charge in [0.25, 0.3) is 5.66 Å². The largest absolute Gasteiger partial charge is 0.457 e. The number of rotatable bonds is 4. The summed E-state index contributed by atoms with van der Waals surface area (Å²) in [7, 11) is 1.51. The van der Waals surface area contributed by atoms with Crippen molar-refractivity contribution in [3.05, 3.63) is 82.7 Å². The Morgan fingerprint density at radius 3 is 2.58 bits per heavy atom. The summed E-state index contributed by atoms with van der Waals surface area (Å²) < 4.78 is 33.1. The normalized spacial score (nSPS) is 20.5. The van der Waals surface area contributed by atoms with Gasteiger partial charge < -0.3 is 21.5 Å². The van der Waals surface area contributed by atoms with Gasteiger partial charge in [0.15, 0.2) is 5.78 Å². The SMILES string of the molecule is N/C=C1\C(N)=NC2=C(C(=O)CNC2)C1c1cccc(Oc2cccc(C(F)(F)P)c2)c1. The van der Waals surface area contributed by atoms with Crippen molar-refractivity contribution in [2.75, 3.05) is 13.1 Å². The van der Waals surface area contributed by atoms with Gasteiger partial charge in [-0.2, -0.15) is 8.78 Å². The minimum absolute atomic E-state index is 0.0800. The summed E-state index contributed by atoms with van der Waals surface area (Å²) in [5.41, 5.74) is 11.1. The lowest BCUT2D eigenvalue weighted by Gasteiger charge is -2.31. The van der Waals surface area contributed by atoms with E-state index in [-0.39, 0.29) is 29.5 Å². The lowest BCUT2D eigenvalue weighted by atomic mass is 9.78. The van der Waals surface area contributed by atoms with Crippen LogP contribution in [0.1, 0.15) is 17.0 Å². The summed E-state index contributed by atoms with van der Waals surface area (Å²) in [5, 5.41) is 3.01. The van der Waals surface area contributed by atoms with Gasteiger partial charge in [0.05, 0.1) is 12.2 Å². The molecule has 9 heteroatoms. The van der Waals surface area contributed by atoms with Crippen LogP contribution < -0.4 is 21.5 Å². The maximum Gasteiger partial charge on any atom is 0.284 e. The van der Waals surface area contributed by atoms with E-state index in [1.54, 1.807) is 24.3 Å². The van der Waals surface area contributed by atoms with E-state index in [1.165, 1.54) is 33.6 Å². The van der Waals surface area contributed by atoms with Gasteiger partial charge in [-0.05, 0) is 29.8 Å². The number of carbonyl (C=O) groups excluding carboxylic acids is 1. The Morgan fingerprint density at radius 2 is 1.87 bits per heavy atom. The summed E-state index contributed by atoms with van der Waals surface area (Å²) in [6.45, 7) is 0.636. The fourth-order valence-corrected chi connectivity index (χ4v) is 3.95. The number of amidine groups is 1. The summed E-state index contributed by atoms with van der Waals surface area (Å²) in [6, 6.07) is 12.8. The number of nitrogens with zero attached hydrogens (tertiary/aromatic N) is 1. The van der Waals surface area contributed by atoms with Crippen LogP contribution in [0.15, 0.2) is 76.6 Å². The number of Topliss-reactive ketones (excluding diaryl/α,β-unsaturated/α-hetero) is 1. The number of nitrogens with two attached hydrogens (primary N) is 2. The van der Waals surface area contributed by atoms with Crippen LogP contribution in [0.25, 0.3) is 0 Å². The molecular weight excluding hydrogens is 421 g/mol. The Hall–Kier alpha value is -3.09. The minimum Gasteiger partial charge on any atom is -0.457 e. The number of halogens is 2. The molecule has 2 aliphatic rings. The molecule has 0 bridgehead atoms. The fraction of sp³-hybridized carbons (Fsp3) is 0.182. The molecule has 2 aromatic rings. The summed E-state index contributed by atoms with van der Waals surface area (Å²) >= 11 is 0. The molecule has 0 radical (unpaired) electrons. The zero-order chi connectivity index (χ0) is 22.2. The van der Waals surface area contributed by atoms with Crippen molar-refractivity contribution in [3.8, 4) is 11.5 Å². The molecule has 6 nitrogen and oxygen atoms in total. The summed E-state index contributed by atoms with van der Waals surface area (Å²) in [6.07, 6.45) is 1.36. The van der Waals surface area contributed by atoms with Gasteiger partial charge in [0.1, 0.15) is 17.3 Å². The highest BCUT2D eigenvalue weighted by Gasteiger charge is 2.36. The average Bonchev–Trinajstić information content (AvgIpc) is 2.73. The van der Waals surface area contributed by atoms with E-state index in [4.69, 9.17) is 16.2 Å². The molecule has 0 saturated heterocycles. The number of carbonyl (C=O) groups is 1. The standard InChI is InChI=1S/C22H21F2N4O2P/c23-22(24,31)13-4-2-6-15(8-13)30-14-5-1-3-12(7-14)19-16(9-25)21(26)28-17-10-27-11-18(29)20(17)19/h1-9,19,27H,10-11,25,31H2,(H2,26,28)/b16-9-. The third-order valence-electron chi connectivity index (χ3n) is 5.17. The molecule has 2 unspecified atom stereocenters. The fourth-order valence-electron chi connectivity index (χ4n) is 3.77. The number of ketones is 1. The topological polar surface area (TPSA) is 103 Å². The second-order valence-electron chi connectivity index (χ2n) is 7.26. The molecule has 0 spiro atoms. The average molecular weight is 442 g/mol. The molecule has 0 amide bonds. The molecule has 2 aliphatic heterocycles. The Kier molecular flexibility index (Phi) is 5.60. The highest BCUT2D eigenvalue weighted by molar-refractivity contribution is 7.17. The van der Waals surface area contributed by atoms with Crippen LogP contribution in [0.5, 0.6) is 11.5 Å². The molecule has 0 aromatic heterocycles. The molecule has 4 rings (SSSR count). The van der Waals surface area contributed by atoms with Crippen LogP contribution in [0.4, 0.5) is 8.78 Å².